The Labute approximate surface area is 137 Å². The van der Waals surface area contributed by atoms with Crippen LogP contribution in [0.2, 0.25) is 0 Å². The van der Waals surface area contributed by atoms with Crippen LogP contribution in [-0.4, -0.2) is 23.3 Å². The number of nitro groups is 1. The summed E-state index contributed by atoms with van der Waals surface area (Å²) in [4.78, 5) is 23.5. The van der Waals surface area contributed by atoms with Crippen LogP contribution < -0.4 is 5.43 Å². The molecule has 0 atom stereocenters. The number of hydrazone groups is 1. The number of nitro benzene ring substituents is 1. The molecule has 0 aliphatic carbocycles. The number of hydrogen-bond acceptors (Lipinski definition) is 5. The molecule has 0 aliphatic rings. The van der Waals surface area contributed by atoms with Crippen LogP contribution in [0.3, 0.4) is 0 Å². The van der Waals surface area contributed by atoms with Crippen molar-refractivity contribution in [3.8, 4) is 0 Å². The minimum Gasteiger partial charge on any atom is -0.267 e. The Morgan fingerprint density at radius 1 is 1.26 bits per heavy atom. The molecule has 0 saturated carbocycles. The van der Waals surface area contributed by atoms with Crippen molar-refractivity contribution in [1.82, 2.24) is 5.43 Å². The molecule has 0 fully saturated rings. The van der Waals surface area contributed by atoms with Gasteiger partial charge in [0.2, 0.25) is 0 Å². The summed E-state index contributed by atoms with van der Waals surface area (Å²) in [6, 6.07) is 12.0. The molecule has 0 saturated heterocycles. The Bertz CT molecular complexity index is 758. The fraction of sp³-hybridized carbons (Fsp3) is 0.125. The van der Waals surface area contributed by atoms with Gasteiger partial charge in [-0.1, -0.05) is 18.2 Å². The summed E-state index contributed by atoms with van der Waals surface area (Å²) < 4.78 is 0. The third-order valence-corrected chi connectivity index (χ3v) is 3.91. The van der Waals surface area contributed by atoms with E-state index in [0.717, 1.165) is 10.5 Å². The van der Waals surface area contributed by atoms with Crippen molar-refractivity contribution in [2.24, 2.45) is 5.10 Å². The molecular weight excluding hydrogens is 314 g/mol. The van der Waals surface area contributed by atoms with Gasteiger partial charge in [0.25, 0.3) is 11.6 Å². The maximum absolute atomic E-state index is 12.0. The number of nitrogens with zero attached hydrogens (tertiary/aromatic N) is 2. The number of aryl methyl sites for hydroxylation is 1. The van der Waals surface area contributed by atoms with Crippen LogP contribution in [0.1, 0.15) is 21.5 Å². The van der Waals surface area contributed by atoms with E-state index in [0.29, 0.717) is 5.56 Å². The minimum absolute atomic E-state index is 0.0886. The van der Waals surface area contributed by atoms with Gasteiger partial charge < -0.3 is 0 Å². The second kappa shape index (κ2) is 7.55. The van der Waals surface area contributed by atoms with Gasteiger partial charge in [-0.3, -0.25) is 14.9 Å². The predicted octanol–water partition coefficient (Wildman–Crippen LogP) is 3.39. The summed E-state index contributed by atoms with van der Waals surface area (Å²) >= 11 is 1.64. The molecule has 2 aromatic rings. The van der Waals surface area contributed by atoms with Gasteiger partial charge in [-0.05, 0) is 36.9 Å². The Balaban J connectivity index is 2.05. The molecule has 2 rings (SSSR count). The second-order valence-corrected chi connectivity index (χ2v) is 5.61. The largest absolute Gasteiger partial charge is 0.273 e. The zero-order chi connectivity index (χ0) is 16.8. The number of thioether (sulfide) groups is 1. The molecule has 0 aromatic heterocycles. The van der Waals surface area contributed by atoms with Crippen LogP contribution in [0.5, 0.6) is 0 Å². The summed E-state index contributed by atoms with van der Waals surface area (Å²) in [6.07, 6.45) is 3.51. The molecule has 1 N–H and O–H groups in total. The SMILES string of the molecule is CSc1ccc(C=NNC(=O)c2ccc(C)c([N+](=O)[O-])c2)cc1. The Morgan fingerprint density at radius 2 is 1.96 bits per heavy atom. The maximum Gasteiger partial charge on any atom is 0.273 e. The van der Waals surface area contributed by atoms with E-state index >= 15 is 0 Å². The quantitative estimate of drug-likeness (QED) is 0.394. The first-order valence-corrected chi connectivity index (χ1v) is 7.96. The molecular formula is C16H15N3O3S. The van der Waals surface area contributed by atoms with Gasteiger partial charge in [-0.25, -0.2) is 5.43 Å². The monoisotopic (exact) mass is 329 g/mol. The maximum atomic E-state index is 12.0. The second-order valence-electron chi connectivity index (χ2n) is 4.73. The summed E-state index contributed by atoms with van der Waals surface area (Å²) in [5, 5.41) is 14.8. The van der Waals surface area contributed by atoms with Crippen LogP contribution >= 0.6 is 11.8 Å². The van der Waals surface area contributed by atoms with E-state index in [1.54, 1.807) is 18.7 Å². The van der Waals surface area contributed by atoms with Gasteiger partial charge in [-0.2, -0.15) is 5.10 Å². The first kappa shape index (κ1) is 16.7. The molecule has 7 heteroatoms. The molecule has 23 heavy (non-hydrogen) atoms. The molecule has 6 nitrogen and oxygen atoms in total. The highest BCUT2D eigenvalue weighted by atomic mass is 32.2. The van der Waals surface area contributed by atoms with E-state index in [1.165, 1.54) is 24.4 Å². The Morgan fingerprint density at radius 3 is 2.57 bits per heavy atom. The number of carbonyl (C=O) groups excluding carboxylic acids is 1. The summed E-state index contributed by atoms with van der Waals surface area (Å²) in [6.45, 7) is 1.62. The highest BCUT2D eigenvalue weighted by Crippen LogP contribution is 2.19. The van der Waals surface area contributed by atoms with Crippen molar-refractivity contribution in [1.29, 1.82) is 0 Å². The van der Waals surface area contributed by atoms with Gasteiger partial charge in [0.1, 0.15) is 0 Å². The van der Waals surface area contributed by atoms with E-state index < -0.39 is 10.8 Å². The average molecular weight is 329 g/mol. The summed E-state index contributed by atoms with van der Waals surface area (Å²) in [5.41, 5.74) is 3.82. The van der Waals surface area contributed by atoms with Crippen molar-refractivity contribution in [2.75, 3.05) is 6.26 Å². The van der Waals surface area contributed by atoms with Crippen LogP contribution in [0.25, 0.3) is 0 Å². The lowest BCUT2D eigenvalue weighted by Gasteiger charge is -2.02. The standard InChI is InChI=1S/C16H15N3O3S/c1-11-3-6-13(9-15(11)19(21)22)16(20)18-17-10-12-4-7-14(23-2)8-5-12/h3-10H,1-2H3,(H,18,20). The van der Waals surface area contributed by atoms with Crippen LogP contribution in [0, 0.1) is 17.0 Å². The lowest BCUT2D eigenvalue weighted by atomic mass is 10.1. The third kappa shape index (κ3) is 4.40. The van der Waals surface area contributed by atoms with Crippen molar-refractivity contribution < 1.29 is 9.72 Å². The Kier molecular flexibility index (Phi) is 5.48. The van der Waals surface area contributed by atoms with E-state index in [2.05, 4.69) is 10.5 Å². The zero-order valence-electron chi connectivity index (χ0n) is 12.6. The number of carbonyl (C=O) groups is 1. The van der Waals surface area contributed by atoms with Crippen LogP contribution in [0.4, 0.5) is 5.69 Å². The molecule has 0 bridgehead atoms. The molecule has 1 amide bonds. The summed E-state index contributed by atoms with van der Waals surface area (Å²) in [5.74, 6) is -0.495. The predicted molar refractivity (Wildman–Crippen MR) is 91.1 cm³/mol. The molecule has 0 aliphatic heterocycles. The lowest BCUT2D eigenvalue weighted by Crippen LogP contribution is -2.17. The minimum atomic E-state index is -0.511. The van der Waals surface area contributed by atoms with E-state index in [-0.39, 0.29) is 11.3 Å². The van der Waals surface area contributed by atoms with Gasteiger partial charge in [0.15, 0.2) is 0 Å². The topological polar surface area (TPSA) is 84.6 Å². The molecule has 0 heterocycles. The van der Waals surface area contributed by atoms with E-state index in [4.69, 9.17) is 0 Å². The van der Waals surface area contributed by atoms with Gasteiger partial charge in [-0.15, -0.1) is 11.8 Å². The fourth-order valence-electron chi connectivity index (χ4n) is 1.87. The molecule has 0 radical (unpaired) electrons. The van der Waals surface area contributed by atoms with Crippen LogP contribution in [0.15, 0.2) is 52.5 Å². The molecule has 2 aromatic carbocycles. The van der Waals surface area contributed by atoms with E-state index in [1.807, 2.05) is 30.5 Å². The average Bonchev–Trinajstić information content (AvgIpc) is 2.55. The fourth-order valence-corrected chi connectivity index (χ4v) is 2.28. The van der Waals surface area contributed by atoms with Crippen molar-refractivity contribution in [2.45, 2.75) is 11.8 Å². The first-order chi connectivity index (χ1) is 11.0. The first-order valence-electron chi connectivity index (χ1n) is 6.74. The number of nitrogens with one attached hydrogen (secondary N) is 1. The van der Waals surface area contributed by atoms with Crippen molar-refractivity contribution in [3.63, 3.8) is 0 Å². The van der Waals surface area contributed by atoms with Crippen LogP contribution in [-0.2, 0) is 0 Å². The van der Waals surface area contributed by atoms with Crippen molar-refractivity contribution >= 4 is 29.6 Å². The molecule has 0 unspecified atom stereocenters. The zero-order valence-corrected chi connectivity index (χ0v) is 13.5. The van der Waals surface area contributed by atoms with Gasteiger partial charge >= 0.3 is 0 Å². The van der Waals surface area contributed by atoms with Gasteiger partial charge in [0.05, 0.1) is 11.1 Å². The highest BCUT2D eigenvalue weighted by molar-refractivity contribution is 7.98. The summed E-state index contributed by atoms with van der Waals surface area (Å²) in [7, 11) is 0. The smallest absolute Gasteiger partial charge is 0.267 e. The Hall–Kier alpha value is -2.67. The normalized spacial score (nSPS) is 10.7. The number of benzene rings is 2. The number of amides is 1. The van der Waals surface area contributed by atoms with Crippen molar-refractivity contribution in [3.05, 3.63) is 69.3 Å². The number of hydrogen-bond donors (Lipinski definition) is 1. The molecule has 118 valence electrons. The number of rotatable bonds is 5. The van der Waals surface area contributed by atoms with E-state index in [9.17, 15) is 14.9 Å². The van der Waals surface area contributed by atoms with Gasteiger partial charge in [0, 0.05) is 22.1 Å². The molecule has 0 spiro atoms. The third-order valence-electron chi connectivity index (χ3n) is 3.16. The lowest BCUT2D eigenvalue weighted by molar-refractivity contribution is -0.385. The highest BCUT2D eigenvalue weighted by Gasteiger charge is 2.14.